The Balaban J connectivity index is 1.46. The molecule has 2 aliphatic heterocycles. The molecule has 148 valence electrons. The van der Waals surface area contributed by atoms with Crippen molar-refractivity contribution in [3.8, 4) is 0 Å². The van der Waals surface area contributed by atoms with Gasteiger partial charge >= 0.3 is 0 Å². The molecule has 3 heterocycles. The number of allylic oxidation sites excluding steroid dienone is 1. The molecular weight excluding hydrogens is 352 g/mol. The Kier molecular flexibility index (Phi) is 5.22. The fourth-order valence-corrected chi connectivity index (χ4v) is 4.20. The molecular formula is C22H28N4O2. The average molecular weight is 380 g/mol. The normalized spacial score (nSPS) is 20.0. The highest BCUT2D eigenvalue weighted by atomic mass is 16.2. The Hall–Kier alpha value is -2.60. The summed E-state index contributed by atoms with van der Waals surface area (Å²) in [5, 5.41) is 4.17. The van der Waals surface area contributed by atoms with Gasteiger partial charge in [0.1, 0.15) is 0 Å². The number of carbonyl (C=O) groups excluding carboxylic acids is 2. The number of nitrogens with one attached hydrogen (secondary N) is 2. The molecule has 6 heteroatoms. The lowest BCUT2D eigenvalue weighted by atomic mass is 10.0. The third-order valence-corrected chi connectivity index (χ3v) is 5.78. The summed E-state index contributed by atoms with van der Waals surface area (Å²) < 4.78 is 0. The number of benzene rings is 1. The average Bonchev–Trinajstić information content (AvgIpc) is 3.06. The highest BCUT2D eigenvalue weighted by Gasteiger charge is 2.33. The lowest BCUT2D eigenvalue weighted by Gasteiger charge is -2.36. The van der Waals surface area contributed by atoms with Crippen molar-refractivity contribution in [2.24, 2.45) is 0 Å². The van der Waals surface area contributed by atoms with Gasteiger partial charge < -0.3 is 15.2 Å². The smallest absolute Gasteiger partial charge is 0.237 e. The topological polar surface area (TPSA) is 68.4 Å². The van der Waals surface area contributed by atoms with Crippen LogP contribution in [0.1, 0.15) is 31.5 Å². The van der Waals surface area contributed by atoms with E-state index >= 15 is 0 Å². The molecule has 4 rings (SSSR count). The van der Waals surface area contributed by atoms with Gasteiger partial charge in [-0.1, -0.05) is 29.8 Å². The number of carbonyl (C=O) groups is 2. The van der Waals surface area contributed by atoms with Crippen LogP contribution in [0, 0.1) is 0 Å². The van der Waals surface area contributed by atoms with E-state index in [2.05, 4.69) is 53.3 Å². The van der Waals surface area contributed by atoms with Crippen LogP contribution in [-0.4, -0.2) is 58.8 Å². The SMILES string of the molecule is CC(C)=CCN1CCNC(=O)C1CC(=O)N1CCc2c([nH]c3ccccc23)C1. The number of amides is 2. The van der Waals surface area contributed by atoms with E-state index in [1.54, 1.807) is 0 Å². The van der Waals surface area contributed by atoms with Crippen molar-refractivity contribution in [2.45, 2.75) is 39.3 Å². The number of hydrogen-bond acceptors (Lipinski definition) is 3. The molecule has 28 heavy (non-hydrogen) atoms. The van der Waals surface area contributed by atoms with Crippen molar-refractivity contribution >= 4 is 22.7 Å². The van der Waals surface area contributed by atoms with Crippen LogP contribution in [-0.2, 0) is 22.6 Å². The van der Waals surface area contributed by atoms with Crippen molar-refractivity contribution in [3.05, 3.63) is 47.2 Å². The molecule has 2 aromatic rings. The highest BCUT2D eigenvalue weighted by molar-refractivity contribution is 5.89. The van der Waals surface area contributed by atoms with Gasteiger partial charge in [-0.2, -0.15) is 0 Å². The van der Waals surface area contributed by atoms with E-state index in [-0.39, 0.29) is 24.3 Å². The number of hydrogen-bond donors (Lipinski definition) is 2. The van der Waals surface area contributed by atoms with Crippen LogP contribution in [0.4, 0.5) is 0 Å². The van der Waals surface area contributed by atoms with Crippen LogP contribution in [0.2, 0.25) is 0 Å². The number of rotatable bonds is 4. The number of fused-ring (bicyclic) bond motifs is 3. The maximum absolute atomic E-state index is 13.0. The predicted molar refractivity (Wildman–Crippen MR) is 110 cm³/mol. The number of aromatic amines is 1. The summed E-state index contributed by atoms with van der Waals surface area (Å²) in [7, 11) is 0. The molecule has 1 fully saturated rings. The van der Waals surface area contributed by atoms with E-state index in [4.69, 9.17) is 0 Å². The van der Waals surface area contributed by atoms with E-state index in [0.29, 0.717) is 26.2 Å². The second-order valence-corrected chi connectivity index (χ2v) is 7.98. The fourth-order valence-electron chi connectivity index (χ4n) is 4.20. The molecule has 1 aromatic carbocycles. The third kappa shape index (κ3) is 3.69. The van der Waals surface area contributed by atoms with E-state index in [0.717, 1.165) is 24.2 Å². The summed E-state index contributed by atoms with van der Waals surface area (Å²) in [5.41, 5.74) is 4.79. The zero-order valence-electron chi connectivity index (χ0n) is 16.6. The second kappa shape index (κ2) is 7.80. The number of piperazine rings is 1. The Morgan fingerprint density at radius 1 is 1.25 bits per heavy atom. The lowest BCUT2D eigenvalue weighted by molar-refractivity contribution is -0.139. The highest BCUT2D eigenvalue weighted by Crippen LogP contribution is 2.28. The number of nitrogens with zero attached hydrogens (tertiary/aromatic N) is 2. The summed E-state index contributed by atoms with van der Waals surface area (Å²) in [6.45, 7) is 7.52. The van der Waals surface area contributed by atoms with Gasteiger partial charge in [0.15, 0.2) is 0 Å². The minimum atomic E-state index is -0.388. The fraction of sp³-hybridized carbons (Fsp3) is 0.455. The molecule has 1 aromatic heterocycles. The van der Waals surface area contributed by atoms with Crippen molar-refractivity contribution < 1.29 is 9.59 Å². The molecule has 0 saturated carbocycles. The Labute approximate surface area is 165 Å². The van der Waals surface area contributed by atoms with Crippen molar-refractivity contribution in [2.75, 3.05) is 26.2 Å². The maximum Gasteiger partial charge on any atom is 0.237 e. The molecule has 0 aliphatic carbocycles. The number of aromatic nitrogens is 1. The first-order valence-corrected chi connectivity index (χ1v) is 10.0. The first kappa shape index (κ1) is 18.7. The van der Waals surface area contributed by atoms with E-state index < -0.39 is 0 Å². The molecule has 2 amide bonds. The molecule has 0 bridgehead atoms. The van der Waals surface area contributed by atoms with Crippen LogP contribution in [0.25, 0.3) is 10.9 Å². The predicted octanol–water partition coefficient (Wildman–Crippen LogP) is 2.21. The van der Waals surface area contributed by atoms with Gasteiger partial charge in [0.25, 0.3) is 0 Å². The van der Waals surface area contributed by atoms with Crippen molar-refractivity contribution in [3.63, 3.8) is 0 Å². The summed E-state index contributed by atoms with van der Waals surface area (Å²) in [4.78, 5) is 32.9. The molecule has 1 unspecified atom stereocenters. The third-order valence-electron chi connectivity index (χ3n) is 5.78. The minimum Gasteiger partial charge on any atom is -0.357 e. The maximum atomic E-state index is 13.0. The first-order valence-electron chi connectivity index (χ1n) is 10.0. The summed E-state index contributed by atoms with van der Waals surface area (Å²) in [6, 6.07) is 7.90. The van der Waals surface area contributed by atoms with Crippen molar-refractivity contribution in [1.82, 2.24) is 20.1 Å². The zero-order chi connectivity index (χ0) is 19.7. The van der Waals surface area contributed by atoms with Crippen molar-refractivity contribution in [1.29, 1.82) is 0 Å². The zero-order valence-corrected chi connectivity index (χ0v) is 16.6. The molecule has 2 aliphatic rings. The monoisotopic (exact) mass is 380 g/mol. The Morgan fingerprint density at radius 3 is 2.89 bits per heavy atom. The van der Waals surface area contributed by atoms with Crippen LogP contribution in [0.5, 0.6) is 0 Å². The summed E-state index contributed by atoms with van der Waals surface area (Å²) in [6.07, 6.45) is 3.20. The standard InChI is InChI=1S/C22H28N4O2/c1-15(2)7-10-25-12-9-23-22(28)20(25)13-21(27)26-11-8-17-16-5-3-4-6-18(16)24-19(17)14-26/h3-7,20,24H,8-14H2,1-2H3,(H,23,28). The van der Waals surface area contributed by atoms with E-state index in [9.17, 15) is 9.59 Å². The minimum absolute atomic E-state index is 0.0370. The van der Waals surface area contributed by atoms with Gasteiger partial charge in [0, 0.05) is 42.8 Å². The lowest BCUT2D eigenvalue weighted by Crippen LogP contribution is -2.56. The van der Waals surface area contributed by atoms with Gasteiger partial charge in [0.05, 0.1) is 19.0 Å². The van der Waals surface area contributed by atoms with Gasteiger partial charge in [-0.15, -0.1) is 0 Å². The molecule has 2 N–H and O–H groups in total. The number of para-hydroxylation sites is 1. The first-order chi connectivity index (χ1) is 13.5. The molecule has 1 saturated heterocycles. The summed E-state index contributed by atoms with van der Waals surface area (Å²) >= 11 is 0. The van der Waals surface area contributed by atoms with Crippen LogP contribution >= 0.6 is 0 Å². The quantitative estimate of drug-likeness (QED) is 0.799. The Morgan fingerprint density at radius 2 is 2.07 bits per heavy atom. The Bertz CT molecular complexity index is 926. The van der Waals surface area contributed by atoms with Gasteiger partial charge in [-0.05, 0) is 31.9 Å². The molecule has 6 nitrogen and oxygen atoms in total. The van der Waals surface area contributed by atoms with Crippen LogP contribution in [0.15, 0.2) is 35.9 Å². The largest absolute Gasteiger partial charge is 0.357 e. The molecule has 1 atom stereocenters. The van der Waals surface area contributed by atoms with Crippen LogP contribution < -0.4 is 5.32 Å². The van der Waals surface area contributed by atoms with E-state index in [1.807, 2.05) is 11.0 Å². The van der Waals surface area contributed by atoms with Gasteiger partial charge in [0.2, 0.25) is 11.8 Å². The molecule has 0 spiro atoms. The second-order valence-electron chi connectivity index (χ2n) is 7.98. The van der Waals surface area contributed by atoms with Gasteiger partial charge in [-0.3, -0.25) is 14.5 Å². The van der Waals surface area contributed by atoms with Crippen LogP contribution in [0.3, 0.4) is 0 Å². The summed E-state index contributed by atoms with van der Waals surface area (Å²) in [5.74, 6) is 0.0126. The van der Waals surface area contributed by atoms with Gasteiger partial charge in [-0.25, -0.2) is 0 Å². The number of H-pyrrole nitrogens is 1. The van der Waals surface area contributed by atoms with E-state index in [1.165, 1.54) is 16.5 Å². The molecule has 0 radical (unpaired) electrons.